The standard InChI is InChI=1S/C21H18F3N2O2S.C12H11O4P.C10H14.Ru/c22-21(23,24)17-11-13-18(14-12-17)29(27,28)26-20(16-9-5-2-6-10-16)19(25)15-7-3-1-4-8-15;13-17(14,15-11-7-3-1-4-8-11)16-12-9-5-2-6-10-12;1-8(2)10-6-4-9(3)5-7-10;/h1-14,19-20H,25H2;1-10H,(H,13,14);4-8H,1-3H3;/q-1;;;+3/p-1/t19-,20-;;;/m1.../s1. The van der Waals surface area contributed by atoms with Crippen LogP contribution >= 0.6 is 7.82 Å². The van der Waals surface area contributed by atoms with Crippen LogP contribution in [0.15, 0.2) is 175 Å². The van der Waals surface area contributed by atoms with Gasteiger partial charge in [0.1, 0.15) is 21.5 Å². The molecule has 6 rings (SSSR count). The molecular weight excluding hydrogens is 862 g/mol. The molecule has 0 fully saturated rings. The topological polar surface area (TPSA) is 133 Å². The van der Waals surface area contributed by atoms with Crippen molar-refractivity contribution in [1.82, 2.24) is 0 Å². The van der Waals surface area contributed by atoms with Crippen LogP contribution in [0, 0.1) is 6.92 Å². The number of aryl methyl sites for hydroxylation is 1. The Morgan fingerprint density at radius 1 is 0.632 bits per heavy atom. The third kappa shape index (κ3) is 15.3. The Kier molecular flexibility index (Phi) is 17.9. The van der Waals surface area contributed by atoms with Crippen LogP contribution in [0.1, 0.15) is 59.7 Å². The fourth-order valence-corrected chi connectivity index (χ4v) is 7.01. The third-order valence-corrected chi connectivity index (χ3v) is 10.3. The Labute approximate surface area is 345 Å². The summed E-state index contributed by atoms with van der Waals surface area (Å²) in [5.41, 5.74) is 9.43. The average Bonchev–Trinajstić information content (AvgIpc) is 3.18. The van der Waals surface area contributed by atoms with Gasteiger partial charge in [-0.15, -0.1) is 0 Å². The molecule has 0 saturated heterocycles. The Morgan fingerprint density at radius 3 is 1.44 bits per heavy atom. The molecule has 0 aromatic heterocycles. The van der Waals surface area contributed by atoms with Crippen LogP contribution in [0.5, 0.6) is 11.5 Å². The molecule has 0 aliphatic heterocycles. The van der Waals surface area contributed by atoms with Crippen molar-refractivity contribution in [3.63, 3.8) is 0 Å². The van der Waals surface area contributed by atoms with Crippen LogP contribution in [0.4, 0.5) is 13.2 Å². The van der Waals surface area contributed by atoms with Gasteiger partial charge in [0.25, 0.3) is 0 Å². The second-order valence-corrected chi connectivity index (χ2v) is 15.6. The number of hydrogen-bond donors (Lipinski definition) is 1. The quantitative estimate of drug-likeness (QED) is 0.101. The van der Waals surface area contributed by atoms with Gasteiger partial charge in [0.05, 0.1) is 5.56 Å². The molecule has 0 bridgehead atoms. The zero-order valence-electron chi connectivity index (χ0n) is 31.2. The van der Waals surface area contributed by atoms with Crippen LogP contribution in [-0.2, 0) is 40.2 Å². The fourth-order valence-electron chi connectivity index (χ4n) is 5.06. The predicted molar refractivity (Wildman–Crippen MR) is 212 cm³/mol. The summed E-state index contributed by atoms with van der Waals surface area (Å²) in [7, 11) is -8.63. The number of phosphoric acid groups is 1. The van der Waals surface area contributed by atoms with Gasteiger partial charge in [-0.05, 0) is 72.5 Å². The van der Waals surface area contributed by atoms with E-state index < -0.39 is 41.7 Å². The van der Waals surface area contributed by atoms with Crippen LogP contribution < -0.4 is 19.7 Å². The van der Waals surface area contributed by atoms with Crippen molar-refractivity contribution >= 4 is 17.8 Å². The Hall–Kier alpha value is -4.61. The summed E-state index contributed by atoms with van der Waals surface area (Å²) in [6.45, 7) is 6.54. The zero-order valence-corrected chi connectivity index (χ0v) is 34.7. The van der Waals surface area contributed by atoms with Crippen molar-refractivity contribution in [1.29, 1.82) is 0 Å². The molecule has 14 heteroatoms. The number of rotatable bonds is 11. The van der Waals surface area contributed by atoms with Gasteiger partial charge in [-0.1, -0.05) is 152 Å². The van der Waals surface area contributed by atoms with Gasteiger partial charge in [-0.2, -0.15) is 13.2 Å². The van der Waals surface area contributed by atoms with Crippen LogP contribution in [-0.4, -0.2) is 8.42 Å². The predicted octanol–water partition coefficient (Wildman–Crippen LogP) is 10.9. The van der Waals surface area contributed by atoms with Gasteiger partial charge < -0.3 is 24.4 Å². The van der Waals surface area contributed by atoms with Crippen molar-refractivity contribution in [2.75, 3.05) is 0 Å². The average molecular weight is 904 g/mol. The number of sulfonamides is 1. The third-order valence-electron chi connectivity index (χ3n) is 8.06. The van der Waals surface area contributed by atoms with Gasteiger partial charge in [0.2, 0.25) is 0 Å². The summed E-state index contributed by atoms with van der Waals surface area (Å²) in [5, 5.41) is 0. The summed E-state index contributed by atoms with van der Waals surface area (Å²) in [6.07, 6.45) is -4.55. The van der Waals surface area contributed by atoms with Gasteiger partial charge >= 0.3 is 33.5 Å². The number of nitrogens with two attached hydrogens (primary N) is 1. The van der Waals surface area contributed by atoms with E-state index in [1.807, 2.05) is 6.07 Å². The maximum atomic E-state index is 12.8. The van der Waals surface area contributed by atoms with E-state index in [-0.39, 0.29) is 35.9 Å². The summed E-state index contributed by atoms with van der Waals surface area (Å²) < 4.78 is 89.0. The summed E-state index contributed by atoms with van der Waals surface area (Å²) in [6, 6.07) is 44.2. The van der Waals surface area contributed by atoms with Crippen LogP contribution in [0.25, 0.3) is 4.72 Å². The van der Waals surface area contributed by atoms with Crippen LogP contribution in [0.3, 0.4) is 0 Å². The second kappa shape index (κ2) is 21.8. The number of alkyl halides is 3. The van der Waals surface area contributed by atoms with E-state index in [2.05, 4.69) is 49.8 Å². The maximum absolute atomic E-state index is 12.8. The molecule has 6 aromatic rings. The molecule has 6 aromatic carbocycles. The smallest absolute Gasteiger partial charge is 0.736 e. The SMILES string of the molecule is Cc1ccc(C(C)C)cc1.N[C@H](c1ccccc1)[C@H]([N-]S(=O)(=O)c1ccc(C(F)(F)F)cc1)c1ccccc1.O=P([O-])(Oc1ccccc1)Oc1ccccc1.[Ru+3]. The van der Waals surface area contributed by atoms with E-state index in [1.165, 1.54) is 11.1 Å². The Morgan fingerprint density at radius 2 is 1.04 bits per heavy atom. The molecule has 2 N–H and O–H groups in total. The molecule has 2 atom stereocenters. The number of hydrogen-bond acceptors (Lipinski definition) is 7. The number of nitrogens with zero attached hydrogens (tertiary/aromatic N) is 1. The molecule has 0 heterocycles. The first-order valence-electron chi connectivity index (χ1n) is 17.4. The fraction of sp³-hybridized carbons (Fsp3) is 0.163. The normalized spacial score (nSPS) is 12.4. The Balaban J connectivity index is 0.000000261. The van der Waals surface area contributed by atoms with E-state index in [1.54, 1.807) is 115 Å². The van der Waals surface area contributed by atoms with E-state index in [9.17, 15) is 31.0 Å². The van der Waals surface area contributed by atoms with Crippen molar-refractivity contribution in [3.8, 4) is 11.5 Å². The molecule has 57 heavy (non-hydrogen) atoms. The van der Waals surface area contributed by atoms with E-state index in [0.717, 1.165) is 24.3 Å². The van der Waals surface area contributed by atoms with E-state index >= 15 is 0 Å². The van der Waals surface area contributed by atoms with Crippen molar-refractivity contribution < 1.29 is 59.6 Å². The van der Waals surface area contributed by atoms with Crippen molar-refractivity contribution in [2.24, 2.45) is 5.73 Å². The molecule has 0 spiro atoms. The van der Waals surface area contributed by atoms with E-state index in [0.29, 0.717) is 17.0 Å². The van der Waals surface area contributed by atoms with E-state index in [4.69, 9.17) is 14.8 Å². The second-order valence-electron chi connectivity index (χ2n) is 12.7. The zero-order chi connectivity index (χ0) is 40.8. The first kappa shape index (κ1) is 46.8. The van der Waals surface area contributed by atoms with Gasteiger partial charge in [0.15, 0.2) is 0 Å². The maximum Gasteiger partial charge on any atom is 3.00 e. The summed E-state index contributed by atoms with van der Waals surface area (Å²) in [4.78, 5) is 11.2. The molecule has 0 aliphatic rings. The first-order chi connectivity index (χ1) is 26.5. The molecule has 1 radical (unpaired) electrons. The van der Waals surface area contributed by atoms with Crippen molar-refractivity contribution in [3.05, 3.63) is 202 Å². The monoisotopic (exact) mass is 904 g/mol. The number of para-hydroxylation sites is 2. The molecule has 299 valence electrons. The van der Waals surface area contributed by atoms with Gasteiger partial charge in [-0.25, -0.2) is 13.0 Å². The first-order valence-corrected chi connectivity index (χ1v) is 20.3. The minimum Gasteiger partial charge on any atom is -0.736 e. The van der Waals surface area contributed by atoms with Gasteiger partial charge in [0, 0.05) is 10.9 Å². The van der Waals surface area contributed by atoms with Crippen LogP contribution in [0.2, 0.25) is 0 Å². The number of halogens is 3. The minimum absolute atomic E-state index is 0. The largest absolute Gasteiger partial charge is 3.00 e. The number of benzene rings is 6. The molecule has 0 amide bonds. The molecule has 0 unspecified atom stereocenters. The van der Waals surface area contributed by atoms with Gasteiger partial charge in [-0.3, -0.25) is 0 Å². The summed E-state index contributed by atoms with van der Waals surface area (Å²) in [5.74, 6) is 1.10. The molecule has 0 aliphatic carbocycles. The number of phosphoric ester groups is 1. The molecule has 8 nitrogen and oxygen atoms in total. The summed E-state index contributed by atoms with van der Waals surface area (Å²) >= 11 is 0. The minimum atomic E-state index is -4.55. The van der Waals surface area contributed by atoms with Crippen molar-refractivity contribution in [2.45, 2.75) is 49.8 Å². The Bertz CT molecular complexity index is 2180. The molecular formula is C43H42F3N2O6PRuS+. The molecule has 0 saturated carbocycles.